The molecule has 2 rings (SSSR count). The van der Waals surface area contributed by atoms with Gasteiger partial charge in [0.05, 0.1) is 11.7 Å². The van der Waals surface area contributed by atoms with Crippen molar-refractivity contribution in [2.24, 2.45) is 5.73 Å². The van der Waals surface area contributed by atoms with Crippen molar-refractivity contribution in [2.75, 3.05) is 0 Å². The van der Waals surface area contributed by atoms with Gasteiger partial charge in [0.25, 0.3) is 0 Å². The maximum atomic E-state index is 5.94. The van der Waals surface area contributed by atoms with Crippen LogP contribution in [0.4, 0.5) is 0 Å². The molecule has 2 heterocycles. The van der Waals surface area contributed by atoms with Crippen molar-refractivity contribution in [3.63, 3.8) is 0 Å². The number of rotatable bonds is 5. The van der Waals surface area contributed by atoms with Crippen molar-refractivity contribution in [3.05, 3.63) is 23.6 Å². The molecule has 0 saturated heterocycles. The number of aromatic nitrogens is 5. The summed E-state index contributed by atoms with van der Waals surface area (Å²) < 4.78 is 6.76. The predicted molar refractivity (Wildman–Crippen MR) is 64.6 cm³/mol. The van der Waals surface area contributed by atoms with Crippen molar-refractivity contribution < 1.29 is 4.52 Å². The van der Waals surface area contributed by atoms with Crippen LogP contribution in [0.2, 0.25) is 0 Å². The highest BCUT2D eigenvalue weighted by Crippen LogP contribution is 2.12. The third-order valence-corrected chi connectivity index (χ3v) is 2.48. The van der Waals surface area contributed by atoms with Crippen LogP contribution in [-0.2, 0) is 18.5 Å². The summed E-state index contributed by atoms with van der Waals surface area (Å²) >= 11 is 0. The largest absolute Gasteiger partial charge is 0.339 e. The van der Waals surface area contributed by atoms with E-state index in [1.54, 1.807) is 10.9 Å². The highest BCUT2D eigenvalue weighted by Gasteiger charge is 2.18. The first-order valence-electron chi connectivity index (χ1n) is 6.00. The Morgan fingerprint density at radius 1 is 1.44 bits per heavy atom. The molecule has 2 aromatic rings. The Morgan fingerprint density at radius 3 is 2.83 bits per heavy atom. The second-order valence-electron chi connectivity index (χ2n) is 4.88. The zero-order valence-corrected chi connectivity index (χ0v) is 10.9. The summed E-state index contributed by atoms with van der Waals surface area (Å²) in [5.74, 6) is 1.26. The Kier molecular flexibility index (Phi) is 3.42. The fraction of sp³-hybridized carbons (Fsp3) is 0.636. The third kappa shape index (κ3) is 2.92. The number of nitrogens with zero attached hydrogens (tertiary/aromatic N) is 5. The van der Waals surface area contributed by atoms with E-state index in [0.29, 0.717) is 18.3 Å². The van der Waals surface area contributed by atoms with Gasteiger partial charge in [0, 0.05) is 6.42 Å². The minimum atomic E-state index is -0.497. The van der Waals surface area contributed by atoms with Crippen LogP contribution in [0.5, 0.6) is 0 Å². The summed E-state index contributed by atoms with van der Waals surface area (Å²) in [6.07, 6.45) is 3.58. The first kappa shape index (κ1) is 12.7. The van der Waals surface area contributed by atoms with Crippen LogP contribution in [0.15, 0.2) is 10.7 Å². The number of hydrogen-bond donors (Lipinski definition) is 1. The van der Waals surface area contributed by atoms with E-state index in [2.05, 4.69) is 27.4 Å². The lowest BCUT2D eigenvalue weighted by Gasteiger charge is -2.13. The van der Waals surface area contributed by atoms with Crippen LogP contribution in [0, 0.1) is 0 Å². The van der Waals surface area contributed by atoms with E-state index < -0.39 is 5.54 Å². The second-order valence-corrected chi connectivity index (χ2v) is 4.88. The van der Waals surface area contributed by atoms with E-state index in [0.717, 1.165) is 18.5 Å². The molecule has 0 aromatic carbocycles. The molecule has 2 N–H and O–H groups in total. The minimum Gasteiger partial charge on any atom is -0.339 e. The van der Waals surface area contributed by atoms with E-state index in [1.807, 2.05) is 13.8 Å². The third-order valence-electron chi connectivity index (χ3n) is 2.48. The average molecular weight is 250 g/mol. The number of nitrogens with two attached hydrogens (primary N) is 1. The van der Waals surface area contributed by atoms with Gasteiger partial charge in [-0.1, -0.05) is 17.3 Å². The SMILES string of the molecule is CCCc1nc(Cn2cc(C(C)(C)N)nn2)no1. The molecule has 0 radical (unpaired) electrons. The molecule has 18 heavy (non-hydrogen) atoms. The van der Waals surface area contributed by atoms with Crippen LogP contribution in [0.3, 0.4) is 0 Å². The van der Waals surface area contributed by atoms with Crippen molar-refractivity contribution in [1.29, 1.82) is 0 Å². The lowest BCUT2D eigenvalue weighted by Crippen LogP contribution is -2.29. The first-order chi connectivity index (χ1) is 8.49. The van der Waals surface area contributed by atoms with Gasteiger partial charge in [-0.2, -0.15) is 4.98 Å². The lowest BCUT2D eigenvalue weighted by molar-refractivity contribution is 0.370. The molecule has 98 valence electrons. The molecular weight excluding hydrogens is 232 g/mol. The van der Waals surface area contributed by atoms with Gasteiger partial charge >= 0.3 is 0 Å². The van der Waals surface area contributed by atoms with Gasteiger partial charge in [-0.15, -0.1) is 5.10 Å². The Balaban J connectivity index is 2.06. The molecule has 7 nitrogen and oxygen atoms in total. The lowest BCUT2D eigenvalue weighted by atomic mass is 10.0. The molecule has 0 aliphatic heterocycles. The van der Waals surface area contributed by atoms with Crippen molar-refractivity contribution in [2.45, 2.75) is 45.7 Å². The Bertz CT molecular complexity index is 510. The van der Waals surface area contributed by atoms with E-state index in [1.165, 1.54) is 0 Å². The van der Waals surface area contributed by atoms with Gasteiger partial charge in [-0.25, -0.2) is 4.68 Å². The molecule has 0 unspecified atom stereocenters. The summed E-state index contributed by atoms with van der Waals surface area (Å²) in [6.45, 7) is 6.28. The summed E-state index contributed by atoms with van der Waals surface area (Å²) in [5, 5.41) is 11.9. The van der Waals surface area contributed by atoms with Crippen LogP contribution < -0.4 is 5.73 Å². The topological polar surface area (TPSA) is 95.7 Å². The molecule has 0 aliphatic carbocycles. The van der Waals surface area contributed by atoms with Crippen LogP contribution in [-0.4, -0.2) is 25.1 Å². The van der Waals surface area contributed by atoms with Gasteiger partial charge in [0.15, 0.2) is 5.82 Å². The summed E-state index contributed by atoms with van der Waals surface area (Å²) in [5.41, 5.74) is 6.18. The second kappa shape index (κ2) is 4.85. The Hall–Kier alpha value is -1.76. The van der Waals surface area contributed by atoms with E-state index in [4.69, 9.17) is 10.3 Å². The number of hydrogen-bond acceptors (Lipinski definition) is 6. The van der Waals surface area contributed by atoms with Crippen molar-refractivity contribution in [1.82, 2.24) is 25.1 Å². The normalized spacial score (nSPS) is 12.0. The molecule has 7 heteroatoms. The smallest absolute Gasteiger partial charge is 0.226 e. The van der Waals surface area contributed by atoms with Crippen molar-refractivity contribution >= 4 is 0 Å². The highest BCUT2D eigenvalue weighted by molar-refractivity contribution is 5.06. The van der Waals surface area contributed by atoms with Crippen LogP contribution in [0.25, 0.3) is 0 Å². The first-order valence-corrected chi connectivity index (χ1v) is 6.00. The van der Waals surface area contributed by atoms with Gasteiger partial charge < -0.3 is 10.3 Å². The Labute approximate surface area is 105 Å². The molecule has 0 amide bonds. The monoisotopic (exact) mass is 250 g/mol. The average Bonchev–Trinajstić information content (AvgIpc) is 2.88. The van der Waals surface area contributed by atoms with E-state index in [-0.39, 0.29) is 0 Å². The zero-order chi connectivity index (χ0) is 13.2. The van der Waals surface area contributed by atoms with Gasteiger partial charge in [0.1, 0.15) is 12.2 Å². The fourth-order valence-electron chi connectivity index (χ4n) is 1.49. The molecule has 0 bridgehead atoms. The molecule has 2 aromatic heterocycles. The molecule has 0 spiro atoms. The zero-order valence-electron chi connectivity index (χ0n) is 10.9. The summed E-state index contributed by atoms with van der Waals surface area (Å²) in [7, 11) is 0. The molecule has 0 aliphatic rings. The van der Waals surface area contributed by atoms with E-state index in [9.17, 15) is 0 Å². The van der Waals surface area contributed by atoms with Gasteiger partial charge in [-0.3, -0.25) is 0 Å². The summed E-state index contributed by atoms with van der Waals surface area (Å²) in [6, 6.07) is 0. The maximum absolute atomic E-state index is 5.94. The van der Waals surface area contributed by atoms with E-state index >= 15 is 0 Å². The van der Waals surface area contributed by atoms with Gasteiger partial charge in [-0.05, 0) is 20.3 Å². The Morgan fingerprint density at radius 2 is 2.22 bits per heavy atom. The number of aryl methyl sites for hydroxylation is 1. The highest BCUT2D eigenvalue weighted by atomic mass is 16.5. The molecule has 0 atom stereocenters. The standard InChI is InChI=1S/C11H18N6O/c1-4-5-10-13-9(15-18-10)7-17-6-8(14-16-17)11(2,3)12/h6H,4-5,7,12H2,1-3H3. The quantitative estimate of drug-likeness (QED) is 0.845. The maximum Gasteiger partial charge on any atom is 0.226 e. The predicted octanol–water partition coefficient (Wildman–Crippen LogP) is 0.856. The fourth-order valence-corrected chi connectivity index (χ4v) is 1.49. The summed E-state index contributed by atoms with van der Waals surface area (Å²) in [4.78, 5) is 4.27. The molecule has 0 fully saturated rings. The van der Waals surface area contributed by atoms with Crippen molar-refractivity contribution in [3.8, 4) is 0 Å². The molecular formula is C11H18N6O. The minimum absolute atomic E-state index is 0.441. The van der Waals surface area contributed by atoms with Crippen LogP contribution in [0.1, 0.15) is 44.6 Å². The van der Waals surface area contributed by atoms with Gasteiger partial charge in [0.2, 0.25) is 5.89 Å². The molecule has 0 saturated carbocycles. The van der Waals surface area contributed by atoms with Crippen LogP contribution >= 0.6 is 0 Å².